The van der Waals surface area contributed by atoms with Crippen LogP contribution in [0.25, 0.3) is 0 Å². The number of ether oxygens (including phenoxy) is 2. The van der Waals surface area contributed by atoms with Crippen molar-refractivity contribution in [2.45, 2.75) is 89.0 Å². The van der Waals surface area contributed by atoms with E-state index >= 15 is 0 Å². The van der Waals surface area contributed by atoms with Crippen LogP contribution in [0.5, 0.6) is 0 Å². The molecule has 150 valence electrons. The molecule has 0 aromatic rings. The third kappa shape index (κ3) is 8.13. The Hall–Kier alpha value is -0.540. The summed E-state index contributed by atoms with van der Waals surface area (Å²) in [5.74, 6) is 0. The predicted molar refractivity (Wildman–Crippen MR) is 81.4 cm³/mol. The minimum Gasteiger partial charge on any atom is -0.378 e. The minimum absolute atomic E-state index is 0.00488. The monoisotopic (exact) mass is 379 g/mol. The van der Waals surface area contributed by atoms with Gasteiger partial charge in [-0.05, 0) is 53.4 Å². The number of piperidine rings is 1. The van der Waals surface area contributed by atoms with Crippen molar-refractivity contribution in [3.63, 3.8) is 0 Å². The molecule has 0 radical (unpaired) electrons. The van der Waals surface area contributed by atoms with Gasteiger partial charge in [0.15, 0.2) is 0 Å². The average Bonchev–Trinajstić information content (AvgIpc) is 2.30. The maximum atomic E-state index is 12.3. The number of rotatable bonds is 7. The Morgan fingerprint density at radius 1 is 0.880 bits per heavy atom. The van der Waals surface area contributed by atoms with Gasteiger partial charge in [-0.1, -0.05) is 0 Å². The van der Waals surface area contributed by atoms with Gasteiger partial charge in [0.05, 0.1) is 6.10 Å². The van der Waals surface area contributed by atoms with Crippen LogP contribution in [0.3, 0.4) is 0 Å². The van der Waals surface area contributed by atoms with Crippen LogP contribution in [0.15, 0.2) is 0 Å². The topological polar surface area (TPSA) is 30.5 Å². The second-order valence-corrected chi connectivity index (χ2v) is 7.83. The van der Waals surface area contributed by atoms with Crippen LogP contribution < -0.4 is 5.32 Å². The highest BCUT2D eigenvalue weighted by Crippen LogP contribution is 2.35. The van der Waals surface area contributed by atoms with Crippen molar-refractivity contribution < 1.29 is 35.8 Å². The Bertz CT molecular complexity index is 390. The molecule has 25 heavy (non-hydrogen) atoms. The van der Waals surface area contributed by atoms with Gasteiger partial charge in [-0.3, -0.25) is 0 Å². The van der Waals surface area contributed by atoms with E-state index in [1.54, 1.807) is 0 Å². The second-order valence-electron chi connectivity index (χ2n) is 7.83. The van der Waals surface area contributed by atoms with E-state index in [9.17, 15) is 26.3 Å². The largest absolute Gasteiger partial charge is 0.423 e. The minimum atomic E-state index is -5.46. The van der Waals surface area contributed by atoms with E-state index in [0.29, 0.717) is 6.42 Å². The van der Waals surface area contributed by atoms with Gasteiger partial charge in [0.1, 0.15) is 0 Å². The molecule has 1 rings (SSSR count). The number of hydrogen-bond acceptors (Lipinski definition) is 3. The molecule has 0 aliphatic carbocycles. The molecule has 1 saturated heterocycles. The van der Waals surface area contributed by atoms with E-state index in [-0.39, 0.29) is 30.2 Å². The number of nitrogens with one attached hydrogen (secondary N) is 1. The van der Waals surface area contributed by atoms with Crippen LogP contribution in [-0.4, -0.2) is 48.9 Å². The number of unbranched alkanes of at least 4 members (excludes halogenated alkanes) is 1. The summed E-state index contributed by atoms with van der Waals surface area (Å²) in [5, 5.41) is 3.50. The first-order valence-corrected chi connectivity index (χ1v) is 8.28. The van der Waals surface area contributed by atoms with Crippen LogP contribution in [-0.2, 0) is 9.47 Å². The van der Waals surface area contributed by atoms with E-state index in [1.807, 2.05) is 0 Å². The van der Waals surface area contributed by atoms with Crippen LogP contribution in [0.4, 0.5) is 26.3 Å². The third-order valence-electron chi connectivity index (χ3n) is 3.92. The predicted octanol–water partition coefficient (Wildman–Crippen LogP) is 4.60. The molecule has 0 spiro atoms. The molecule has 1 aliphatic heterocycles. The van der Waals surface area contributed by atoms with Crippen molar-refractivity contribution in [1.82, 2.24) is 5.32 Å². The van der Waals surface area contributed by atoms with E-state index in [4.69, 9.17) is 4.74 Å². The average molecular weight is 379 g/mol. The Balaban J connectivity index is 2.30. The van der Waals surface area contributed by atoms with Gasteiger partial charge in [0.25, 0.3) is 0 Å². The summed E-state index contributed by atoms with van der Waals surface area (Å²) < 4.78 is 83.6. The molecule has 0 aromatic heterocycles. The SMILES string of the molecule is CC1(C)CC(OCCCCOC(C(F)(F)F)C(F)(F)F)CC(C)(C)N1. The number of halogens is 6. The maximum absolute atomic E-state index is 12.3. The second kappa shape index (κ2) is 8.00. The highest BCUT2D eigenvalue weighted by atomic mass is 19.4. The zero-order chi connectivity index (χ0) is 19.5. The fraction of sp³-hybridized carbons (Fsp3) is 1.00. The normalized spacial score (nSPS) is 21.7. The van der Waals surface area contributed by atoms with Crippen molar-refractivity contribution in [2.75, 3.05) is 13.2 Å². The summed E-state index contributed by atoms with van der Waals surface area (Å²) in [4.78, 5) is 0. The molecule has 0 amide bonds. The number of hydrogen-bond donors (Lipinski definition) is 1. The summed E-state index contributed by atoms with van der Waals surface area (Å²) in [5.41, 5.74) is -0.190. The van der Waals surface area contributed by atoms with Crippen molar-refractivity contribution in [3.8, 4) is 0 Å². The van der Waals surface area contributed by atoms with Crippen LogP contribution >= 0.6 is 0 Å². The Morgan fingerprint density at radius 2 is 1.32 bits per heavy atom. The van der Waals surface area contributed by atoms with E-state index in [1.165, 1.54) is 0 Å². The lowest BCUT2D eigenvalue weighted by atomic mass is 9.81. The maximum Gasteiger partial charge on any atom is 0.423 e. The lowest BCUT2D eigenvalue weighted by Gasteiger charge is -2.46. The van der Waals surface area contributed by atoms with Gasteiger partial charge in [-0.2, -0.15) is 26.3 Å². The Morgan fingerprint density at radius 3 is 1.76 bits per heavy atom. The lowest BCUT2D eigenvalue weighted by molar-refractivity contribution is -0.321. The Kier molecular flexibility index (Phi) is 7.20. The molecule has 1 heterocycles. The highest BCUT2D eigenvalue weighted by molar-refractivity contribution is 4.97. The van der Waals surface area contributed by atoms with E-state index in [0.717, 1.165) is 12.8 Å². The van der Waals surface area contributed by atoms with Crippen molar-refractivity contribution >= 4 is 0 Å². The van der Waals surface area contributed by atoms with Gasteiger partial charge < -0.3 is 14.8 Å². The zero-order valence-electron chi connectivity index (χ0n) is 15.0. The molecule has 9 heteroatoms. The van der Waals surface area contributed by atoms with Gasteiger partial charge in [-0.15, -0.1) is 0 Å². The summed E-state index contributed by atoms with van der Waals surface area (Å²) in [6.45, 7) is 7.91. The van der Waals surface area contributed by atoms with E-state index in [2.05, 4.69) is 37.7 Å². The zero-order valence-corrected chi connectivity index (χ0v) is 15.0. The highest BCUT2D eigenvalue weighted by Gasteiger charge is 2.57. The van der Waals surface area contributed by atoms with Gasteiger partial charge in [0, 0.05) is 24.3 Å². The third-order valence-corrected chi connectivity index (χ3v) is 3.92. The van der Waals surface area contributed by atoms with Crippen molar-refractivity contribution in [2.24, 2.45) is 0 Å². The van der Waals surface area contributed by atoms with Crippen LogP contribution in [0.2, 0.25) is 0 Å². The first kappa shape index (κ1) is 22.5. The molecular formula is C16H27F6NO2. The first-order valence-electron chi connectivity index (χ1n) is 8.28. The van der Waals surface area contributed by atoms with Crippen molar-refractivity contribution in [1.29, 1.82) is 0 Å². The Labute approximate surface area is 144 Å². The first-order chi connectivity index (χ1) is 11.1. The van der Waals surface area contributed by atoms with Crippen LogP contribution in [0, 0.1) is 0 Å². The standard InChI is InChI=1S/C16H27F6NO2/c1-13(2)9-11(10-14(3,4)23-13)24-7-5-6-8-25-12(15(17,18)19)16(20,21)22/h11-12,23H,5-10H2,1-4H3. The smallest absolute Gasteiger partial charge is 0.378 e. The fourth-order valence-electron chi connectivity index (χ4n) is 3.38. The molecule has 0 saturated carbocycles. The fourth-order valence-corrected chi connectivity index (χ4v) is 3.38. The number of alkyl halides is 6. The molecule has 3 nitrogen and oxygen atoms in total. The molecule has 0 aromatic carbocycles. The van der Waals surface area contributed by atoms with E-state index < -0.39 is 25.1 Å². The summed E-state index contributed by atoms with van der Waals surface area (Å²) >= 11 is 0. The molecule has 0 bridgehead atoms. The molecule has 0 atom stereocenters. The molecule has 1 N–H and O–H groups in total. The van der Waals surface area contributed by atoms with Gasteiger partial charge in [-0.25, -0.2) is 0 Å². The summed E-state index contributed by atoms with van der Waals surface area (Å²) in [7, 11) is 0. The summed E-state index contributed by atoms with van der Waals surface area (Å²) in [6.07, 6.45) is -12.7. The van der Waals surface area contributed by atoms with Crippen molar-refractivity contribution in [3.05, 3.63) is 0 Å². The lowest BCUT2D eigenvalue weighted by Crippen LogP contribution is -2.59. The van der Waals surface area contributed by atoms with Gasteiger partial charge in [0.2, 0.25) is 6.10 Å². The summed E-state index contributed by atoms with van der Waals surface area (Å²) in [6, 6.07) is 0. The molecular weight excluding hydrogens is 352 g/mol. The molecule has 1 fully saturated rings. The van der Waals surface area contributed by atoms with Crippen LogP contribution in [0.1, 0.15) is 53.4 Å². The quantitative estimate of drug-likeness (QED) is 0.518. The van der Waals surface area contributed by atoms with Gasteiger partial charge >= 0.3 is 12.4 Å². The molecule has 1 aliphatic rings. The molecule has 0 unspecified atom stereocenters.